The van der Waals surface area contributed by atoms with Gasteiger partial charge >= 0.3 is 0 Å². The van der Waals surface area contributed by atoms with E-state index in [4.69, 9.17) is 11.6 Å². The molecule has 0 aliphatic rings. The van der Waals surface area contributed by atoms with Gasteiger partial charge in [-0.3, -0.25) is 0 Å². The molecule has 0 unspecified atom stereocenters. The lowest BCUT2D eigenvalue weighted by molar-refractivity contribution is 0.918. The summed E-state index contributed by atoms with van der Waals surface area (Å²) in [5.74, 6) is 0. The minimum Gasteiger partial charge on any atom is -0.357 e. The summed E-state index contributed by atoms with van der Waals surface area (Å²) >= 11 is 6.11. The van der Waals surface area contributed by atoms with Crippen molar-refractivity contribution >= 4 is 22.5 Å². The molecular weight excluding hydrogens is 194 g/mol. The van der Waals surface area contributed by atoms with Crippen LogP contribution >= 0.6 is 11.6 Å². The van der Waals surface area contributed by atoms with E-state index in [1.807, 2.05) is 12.1 Å². The number of rotatable bonds is 2. The molecule has 0 aliphatic carbocycles. The number of aromatic nitrogens is 1. The molecule has 2 heteroatoms. The first-order valence-corrected chi connectivity index (χ1v) is 5.37. The molecule has 2 aromatic rings. The standard InChI is InChI=1S/C12H14ClN/c1-3-5-9-8(2)14-12-10(9)6-4-7-11(12)13/h4,6-7,14H,3,5H2,1-2H3. The predicted molar refractivity (Wildman–Crippen MR) is 62.0 cm³/mol. The lowest BCUT2D eigenvalue weighted by atomic mass is 10.1. The number of halogens is 1. The van der Waals surface area contributed by atoms with E-state index in [-0.39, 0.29) is 0 Å². The van der Waals surface area contributed by atoms with E-state index in [1.54, 1.807) is 0 Å². The minimum atomic E-state index is 0.813. The lowest BCUT2D eigenvalue weighted by Gasteiger charge is -1.97. The van der Waals surface area contributed by atoms with Crippen molar-refractivity contribution in [3.8, 4) is 0 Å². The Labute approximate surface area is 89.1 Å². The van der Waals surface area contributed by atoms with Crippen LogP contribution in [0.15, 0.2) is 18.2 Å². The van der Waals surface area contributed by atoms with Crippen molar-refractivity contribution < 1.29 is 0 Å². The van der Waals surface area contributed by atoms with E-state index >= 15 is 0 Å². The van der Waals surface area contributed by atoms with Gasteiger partial charge in [-0.25, -0.2) is 0 Å². The summed E-state index contributed by atoms with van der Waals surface area (Å²) in [6.07, 6.45) is 2.28. The van der Waals surface area contributed by atoms with Crippen LogP contribution in [0.25, 0.3) is 10.9 Å². The van der Waals surface area contributed by atoms with Crippen LogP contribution in [0.2, 0.25) is 5.02 Å². The monoisotopic (exact) mass is 207 g/mol. The maximum atomic E-state index is 6.11. The van der Waals surface area contributed by atoms with Crippen LogP contribution in [-0.2, 0) is 6.42 Å². The van der Waals surface area contributed by atoms with E-state index < -0.39 is 0 Å². The summed E-state index contributed by atoms with van der Waals surface area (Å²) in [4.78, 5) is 3.35. The van der Waals surface area contributed by atoms with Gasteiger partial charge in [-0.15, -0.1) is 0 Å². The molecule has 1 nitrogen and oxygen atoms in total. The van der Waals surface area contributed by atoms with Crippen LogP contribution in [0, 0.1) is 6.92 Å². The molecule has 0 saturated heterocycles. The lowest BCUT2D eigenvalue weighted by Crippen LogP contribution is -1.83. The van der Waals surface area contributed by atoms with Gasteiger partial charge in [0.15, 0.2) is 0 Å². The highest BCUT2D eigenvalue weighted by Gasteiger charge is 2.08. The van der Waals surface area contributed by atoms with Gasteiger partial charge in [0.2, 0.25) is 0 Å². The van der Waals surface area contributed by atoms with E-state index in [0.29, 0.717) is 0 Å². The first kappa shape index (κ1) is 9.60. The number of para-hydroxylation sites is 1. The zero-order valence-electron chi connectivity index (χ0n) is 8.52. The van der Waals surface area contributed by atoms with Gasteiger partial charge < -0.3 is 4.98 Å². The fourth-order valence-corrected chi connectivity index (χ4v) is 2.16. The number of hydrogen-bond acceptors (Lipinski definition) is 0. The molecule has 0 spiro atoms. The Balaban J connectivity index is 2.70. The highest BCUT2D eigenvalue weighted by Crippen LogP contribution is 2.28. The van der Waals surface area contributed by atoms with E-state index in [2.05, 4.69) is 24.9 Å². The predicted octanol–water partition coefficient (Wildman–Crippen LogP) is 4.08. The molecule has 0 fully saturated rings. The summed E-state index contributed by atoms with van der Waals surface area (Å²) in [5.41, 5.74) is 3.73. The molecule has 1 aromatic carbocycles. The van der Waals surface area contributed by atoms with Crippen LogP contribution in [0.4, 0.5) is 0 Å². The first-order valence-electron chi connectivity index (χ1n) is 4.99. The third kappa shape index (κ3) is 1.42. The van der Waals surface area contributed by atoms with Crippen LogP contribution in [0.5, 0.6) is 0 Å². The minimum absolute atomic E-state index is 0.813. The van der Waals surface area contributed by atoms with Crippen LogP contribution < -0.4 is 0 Å². The normalized spacial score (nSPS) is 11.1. The molecule has 0 amide bonds. The van der Waals surface area contributed by atoms with Crippen molar-refractivity contribution in [3.63, 3.8) is 0 Å². The first-order chi connectivity index (χ1) is 6.74. The number of hydrogen-bond donors (Lipinski definition) is 1. The van der Waals surface area contributed by atoms with Crippen molar-refractivity contribution in [3.05, 3.63) is 34.5 Å². The number of fused-ring (bicyclic) bond motifs is 1. The number of aryl methyl sites for hydroxylation is 2. The largest absolute Gasteiger partial charge is 0.357 e. The van der Waals surface area contributed by atoms with Gasteiger partial charge in [0, 0.05) is 11.1 Å². The van der Waals surface area contributed by atoms with E-state index in [1.165, 1.54) is 23.1 Å². The Hall–Kier alpha value is -0.950. The second kappa shape index (κ2) is 3.66. The van der Waals surface area contributed by atoms with Crippen molar-refractivity contribution in [2.24, 2.45) is 0 Å². The van der Waals surface area contributed by atoms with Crippen molar-refractivity contribution in [1.82, 2.24) is 4.98 Å². The number of aromatic amines is 1. The van der Waals surface area contributed by atoms with Gasteiger partial charge in [-0.05, 0) is 25.0 Å². The molecule has 0 aliphatic heterocycles. The average Bonchev–Trinajstić information content (AvgIpc) is 2.47. The molecule has 0 bridgehead atoms. The molecule has 14 heavy (non-hydrogen) atoms. The Morgan fingerprint density at radius 2 is 2.14 bits per heavy atom. The maximum Gasteiger partial charge on any atom is 0.0648 e. The highest BCUT2D eigenvalue weighted by molar-refractivity contribution is 6.35. The number of benzene rings is 1. The second-order valence-corrected chi connectivity index (χ2v) is 4.05. The summed E-state index contributed by atoms with van der Waals surface area (Å²) in [7, 11) is 0. The second-order valence-electron chi connectivity index (χ2n) is 3.64. The Morgan fingerprint density at radius 1 is 1.36 bits per heavy atom. The number of nitrogens with one attached hydrogen (secondary N) is 1. The molecule has 0 saturated carbocycles. The zero-order chi connectivity index (χ0) is 10.1. The summed E-state index contributed by atoms with van der Waals surface area (Å²) in [5, 5.41) is 2.09. The summed E-state index contributed by atoms with van der Waals surface area (Å²) in [6, 6.07) is 6.07. The van der Waals surface area contributed by atoms with Gasteiger partial charge in [0.1, 0.15) is 0 Å². The van der Waals surface area contributed by atoms with Gasteiger partial charge in [0.25, 0.3) is 0 Å². The molecule has 2 rings (SSSR count). The van der Waals surface area contributed by atoms with Crippen LogP contribution in [0.1, 0.15) is 24.6 Å². The van der Waals surface area contributed by atoms with Gasteiger partial charge in [0.05, 0.1) is 10.5 Å². The third-order valence-corrected chi connectivity index (χ3v) is 2.92. The van der Waals surface area contributed by atoms with Gasteiger partial charge in [-0.1, -0.05) is 37.1 Å². The van der Waals surface area contributed by atoms with Crippen LogP contribution in [0.3, 0.4) is 0 Å². The molecule has 1 N–H and O–H groups in total. The van der Waals surface area contributed by atoms with E-state index in [0.717, 1.165) is 17.0 Å². The molecule has 0 radical (unpaired) electrons. The molecular formula is C12H14ClN. The quantitative estimate of drug-likeness (QED) is 0.764. The third-order valence-electron chi connectivity index (χ3n) is 2.60. The number of H-pyrrole nitrogens is 1. The molecule has 1 aromatic heterocycles. The van der Waals surface area contributed by atoms with Crippen LogP contribution in [-0.4, -0.2) is 4.98 Å². The fraction of sp³-hybridized carbons (Fsp3) is 0.333. The average molecular weight is 208 g/mol. The summed E-state index contributed by atoms with van der Waals surface area (Å²) < 4.78 is 0. The van der Waals surface area contributed by atoms with Crippen molar-refractivity contribution in [1.29, 1.82) is 0 Å². The van der Waals surface area contributed by atoms with Crippen molar-refractivity contribution in [2.75, 3.05) is 0 Å². The van der Waals surface area contributed by atoms with Gasteiger partial charge in [-0.2, -0.15) is 0 Å². The SMILES string of the molecule is CCCc1c(C)[nH]c2c(Cl)cccc12. The molecule has 74 valence electrons. The smallest absolute Gasteiger partial charge is 0.0648 e. The van der Waals surface area contributed by atoms with Crippen molar-refractivity contribution in [2.45, 2.75) is 26.7 Å². The Bertz CT molecular complexity index is 457. The summed E-state index contributed by atoms with van der Waals surface area (Å²) in [6.45, 7) is 4.31. The van der Waals surface area contributed by atoms with E-state index in [9.17, 15) is 0 Å². The zero-order valence-corrected chi connectivity index (χ0v) is 9.28. The highest BCUT2D eigenvalue weighted by atomic mass is 35.5. The topological polar surface area (TPSA) is 15.8 Å². The fourth-order valence-electron chi connectivity index (χ4n) is 1.94. The maximum absolute atomic E-state index is 6.11. The molecule has 1 heterocycles. The Kier molecular flexibility index (Phi) is 2.51. The molecule has 0 atom stereocenters. The Morgan fingerprint density at radius 3 is 2.86 bits per heavy atom.